The molecule has 0 bridgehead atoms. The van der Waals surface area contributed by atoms with Crippen molar-refractivity contribution in [1.29, 1.82) is 0 Å². The average molecular weight is 371 g/mol. The summed E-state index contributed by atoms with van der Waals surface area (Å²) in [6.07, 6.45) is 1.27. The van der Waals surface area contributed by atoms with Crippen LogP contribution in [0.15, 0.2) is 66.6 Å². The summed E-state index contributed by atoms with van der Waals surface area (Å²) in [6, 6.07) is 11.2. The maximum atomic E-state index is 14.9. The fourth-order valence-corrected chi connectivity index (χ4v) is 3.17. The van der Waals surface area contributed by atoms with Gasteiger partial charge in [0.15, 0.2) is 0 Å². The van der Waals surface area contributed by atoms with Crippen molar-refractivity contribution in [1.82, 2.24) is 4.90 Å². The molecule has 5 heteroatoms. The predicted octanol–water partition coefficient (Wildman–Crippen LogP) is 5.93. The first-order chi connectivity index (χ1) is 13.0. The second kappa shape index (κ2) is 7.74. The van der Waals surface area contributed by atoms with Crippen LogP contribution in [-0.4, -0.2) is 18.1 Å². The third kappa shape index (κ3) is 3.50. The molecule has 0 spiro atoms. The standard InChI is InChI=1S/C22H20F3NO/c1-4-26-14(3)18(23)13-17(15-9-7-6-8-10-15)22(26)21-19(24)11-16(27-5-2)12-20(21)25/h6-13H,3-5H2,1-2H3. The van der Waals surface area contributed by atoms with E-state index in [0.29, 0.717) is 24.3 Å². The molecule has 0 amide bonds. The Morgan fingerprint density at radius 2 is 1.63 bits per heavy atom. The highest BCUT2D eigenvalue weighted by molar-refractivity contribution is 5.97. The molecule has 0 saturated carbocycles. The minimum Gasteiger partial charge on any atom is -0.494 e. The van der Waals surface area contributed by atoms with Gasteiger partial charge in [0.1, 0.15) is 23.2 Å². The van der Waals surface area contributed by atoms with Crippen molar-refractivity contribution < 1.29 is 17.9 Å². The molecule has 0 fully saturated rings. The van der Waals surface area contributed by atoms with Crippen LogP contribution >= 0.6 is 0 Å². The van der Waals surface area contributed by atoms with E-state index in [1.54, 1.807) is 38.1 Å². The van der Waals surface area contributed by atoms with E-state index in [1.807, 2.05) is 6.07 Å². The van der Waals surface area contributed by atoms with Crippen LogP contribution in [0, 0.1) is 11.6 Å². The lowest BCUT2D eigenvalue weighted by Crippen LogP contribution is -2.26. The van der Waals surface area contributed by atoms with Crippen molar-refractivity contribution in [2.24, 2.45) is 0 Å². The van der Waals surface area contributed by atoms with Crippen LogP contribution in [0.25, 0.3) is 11.3 Å². The molecule has 2 aromatic rings. The summed E-state index contributed by atoms with van der Waals surface area (Å²) in [4.78, 5) is 1.49. The maximum absolute atomic E-state index is 14.9. The molecule has 1 heterocycles. The highest BCUT2D eigenvalue weighted by Crippen LogP contribution is 2.41. The van der Waals surface area contributed by atoms with Crippen molar-refractivity contribution in [3.05, 3.63) is 89.4 Å². The zero-order valence-electron chi connectivity index (χ0n) is 15.2. The van der Waals surface area contributed by atoms with Gasteiger partial charge in [-0.3, -0.25) is 0 Å². The van der Waals surface area contributed by atoms with Gasteiger partial charge in [-0.15, -0.1) is 0 Å². The Labute approximate surface area is 156 Å². The van der Waals surface area contributed by atoms with Crippen LogP contribution in [-0.2, 0) is 0 Å². The molecule has 2 nitrogen and oxygen atoms in total. The number of hydrogen-bond acceptors (Lipinski definition) is 2. The predicted molar refractivity (Wildman–Crippen MR) is 101 cm³/mol. The Bertz CT molecular complexity index is 909. The third-order valence-electron chi connectivity index (χ3n) is 4.36. The normalized spacial score (nSPS) is 14.5. The summed E-state index contributed by atoms with van der Waals surface area (Å²) < 4.78 is 49.5. The van der Waals surface area contributed by atoms with Crippen LogP contribution in [0.4, 0.5) is 13.2 Å². The quantitative estimate of drug-likeness (QED) is 0.645. The van der Waals surface area contributed by atoms with E-state index in [4.69, 9.17) is 4.74 Å². The second-order valence-electron chi connectivity index (χ2n) is 6.01. The number of nitrogens with zero attached hydrogens (tertiary/aromatic N) is 1. The van der Waals surface area contributed by atoms with Crippen LogP contribution < -0.4 is 4.74 Å². The van der Waals surface area contributed by atoms with Gasteiger partial charge in [0.2, 0.25) is 0 Å². The third-order valence-corrected chi connectivity index (χ3v) is 4.36. The minimum absolute atomic E-state index is 0.0693. The van der Waals surface area contributed by atoms with Crippen LogP contribution in [0.1, 0.15) is 25.0 Å². The Morgan fingerprint density at radius 1 is 1.00 bits per heavy atom. The Balaban J connectivity index is 2.31. The molecule has 1 aliphatic rings. The minimum atomic E-state index is -0.774. The van der Waals surface area contributed by atoms with E-state index >= 15 is 0 Å². The number of benzene rings is 2. The van der Waals surface area contributed by atoms with E-state index in [2.05, 4.69) is 6.58 Å². The van der Waals surface area contributed by atoms with Gasteiger partial charge in [-0.1, -0.05) is 36.9 Å². The number of ether oxygens (including phenoxy) is 1. The molecule has 0 N–H and O–H groups in total. The van der Waals surface area contributed by atoms with Crippen LogP contribution in [0.3, 0.4) is 0 Å². The van der Waals surface area contributed by atoms with E-state index in [1.165, 1.54) is 11.0 Å². The molecule has 0 atom stereocenters. The number of likely N-dealkylation sites (N-methyl/N-ethyl adjacent to an activating group) is 1. The van der Waals surface area contributed by atoms with Crippen LogP contribution in [0.5, 0.6) is 5.75 Å². The zero-order valence-corrected chi connectivity index (χ0v) is 15.2. The summed E-state index contributed by atoms with van der Waals surface area (Å²) in [5, 5.41) is 0. The number of hydrogen-bond donors (Lipinski definition) is 0. The highest BCUT2D eigenvalue weighted by atomic mass is 19.1. The fraction of sp³-hybridized carbons (Fsp3) is 0.182. The van der Waals surface area contributed by atoms with Gasteiger partial charge in [0, 0.05) is 24.3 Å². The van der Waals surface area contributed by atoms with Gasteiger partial charge < -0.3 is 9.64 Å². The van der Waals surface area contributed by atoms with E-state index < -0.39 is 17.5 Å². The molecule has 0 saturated heterocycles. The Morgan fingerprint density at radius 3 is 2.19 bits per heavy atom. The van der Waals surface area contributed by atoms with E-state index in [-0.39, 0.29) is 22.7 Å². The first-order valence-corrected chi connectivity index (χ1v) is 8.73. The Hall–Kier alpha value is -2.95. The van der Waals surface area contributed by atoms with Crippen molar-refractivity contribution >= 4 is 11.3 Å². The van der Waals surface area contributed by atoms with Gasteiger partial charge in [-0.2, -0.15) is 0 Å². The molecule has 0 aliphatic carbocycles. The van der Waals surface area contributed by atoms with E-state index in [0.717, 1.165) is 12.1 Å². The molecule has 140 valence electrons. The molecular formula is C22H20F3NO. The van der Waals surface area contributed by atoms with Crippen molar-refractivity contribution in [2.45, 2.75) is 13.8 Å². The monoisotopic (exact) mass is 371 g/mol. The van der Waals surface area contributed by atoms with Gasteiger partial charge in [-0.25, -0.2) is 13.2 Å². The van der Waals surface area contributed by atoms with Gasteiger partial charge in [0.05, 0.1) is 23.6 Å². The van der Waals surface area contributed by atoms with Gasteiger partial charge >= 0.3 is 0 Å². The number of halogens is 3. The zero-order chi connectivity index (χ0) is 19.6. The van der Waals surface area contributed by atoms with Gasteiger partial charge in [-0.05, 0) is 25.5 Å². The first-order valence-electron chi connectivity index (χ1n) is 8.73. The lowest BCUT2D eigenvalue weighted by Gasteiger charge is -2.33. The molecule has 27 heavy (non-hydrogen) atoms. The molecule has 0 unspecified atom stereocenters. The molecule has 1 aliphatic heterocycles. The SMILES string of the molecule is C=C1C(F)=CC(c2ccccc2)=C(c2c(F)cc(OCC)cc2F)N1CC. The summed E-state index contributed by atoms with van der Waals surface area (Å²) in [6.45, 7) is 7.84. The first kappa shape index (κ1) is 18.8. The number of rotatable bonds is 5. The molecular weight excluding hydrogens is 351 g/mol. The summed E-state index contributed by atoms with van der Waals surface area (Å²) in [7, 11) is 0. The van der Waals surface area contributed by atoms with Gasteiger partial charge in [0.25, 0.3) is 0 Å². The summed E-state index contributed by atoms with van der Waals surface area (Å²) in [5.74, 6) is -1.98. The van der Waals surface area contributed by atoms with Crippen molar-refractivity contribution in [3.8, 4) is 5.75 Å². The largest absolute Gasteiger partial charge is 0.494 e. The lowest BCUT2D eigenvalue weighted by atomic mass is 9.93. The second-order valence-corrected chi connectivity index (χ2v) is 6.01. The van der Waals surface area contributed by atoms with E-state index in [9.17, 15) is 13.2 Å². The smallest absolute Gasteiger partial charge is 0.146 e. The molecule has 3 rings (SSSR count). The number of allylic oxidation sites excluding steroid dienone is 3. The molecule has 0 radical (unpaired) electrons. The highest BCUT2D eigenvalue weighted by Gasteiger charge is 2.29. The van der Waals surface area contributed by atoms with Crippen molar-refractivity contribution in [2.75, 3.05) is 13.2 Å². The van der Waals surface area contributed by atoms with Crippen LogP contribution in [0.2, 0.25) is 0 Å². The Kier molecular flexibility index (Phi) is 5.40. The van der Waals surface area contributed by atoms with Crippen molar-refractivity contribution in [3.63, 3.8) is 0 Å². The molecule has 0 aromatic heterocycles. The summed E-state index contributed by atoms with van der Waals surface area (Å²) in [5.41, 5.74) is 1.13. The fourth-order valence-electron chi connectivity index (χ4n) is 3.17. The summed E-state index contributed by atoms with van der Waals surface area (Å²) >= 11 is 0. The topological polar surface area (TPSA) is 12.5 Å². The lowest BCUT2D eigenvalue weighted by molar-refractivity contribution is 0.335. The molecule has 2 aromatic carbocycles. The maximum Gasteiger partial charge on any atom is 0.146 e. The average Bonchev–Trinajstić information content (AvgIpc) is 2.65.